The topological polar surface area (TPSA) is 101 Å². The Bertz CT molecular complexity index is 624. The van der Waals surface area contributed by atoms with Gasteiger partial charge in [-0.05, 0) is 37.0 Å². The predicted molar refractivity (Wildman–Crippen MR) is 80.0 cm³/mol. The lowest BCUT2D eigenvalue weighted by atomic mass is 10.1. The fourth-order valence-corrected chi connectivity index (χ4v) is 3.30. The third-order valence-corrected chi connectivity index (χ3v) is 4.97. The molecule has 7 heteroatoms. The van der Waals surface area contributed by atoms with Crippen LogP contribution in [0.15, 0.2) is 23.1 Å². The highest BCUT2D eigenvalue weighted by Gasteiger charge is 2.23. The predicted octanol–water partition coefficient (Wildman–Crippen LogP) is 0.401. The first kappa shape index (κ1) is 15.9. The Morgan fingerprint density at radius 1 is 1.38 bits per heavy atom. The van der Waals surface area contributed by atoms with Gasteiger partial charge in [0.15, 0.2) is 0 Å². The molecule has 0 atom stereocenters. The Kier molecular flexibility index (Phi) is 4.97. The van der Waals surface area contributed by atoms with Crippen molar-refractivity contribution in [3.05, 3.63) is 29.3 Å². The van der Waals surface area contributed by atoms with Crippen molar-refractivity contribution in [3.8, 4) is 0 Å². The Hall–Kier alpha value is -1.44. The molecular formula is C14H21N3O3S. The van der Waals surface area contributed by atoms with Crippen molar-refractivity contribution in [1.29, 1.82) is 0 Å². The van der Waals surface area contributed by atoms with E-state index in [2.05, 4.69) is 10.0 Å². The zero-order valence-corrected chi connectivity index (χ0v) is 12.9. The number of hydrogen-bond acceptors (Lipinski definition) is 4. The molecule has 6 nitrogen and oxygen atoms in total. The Morgan fingerprint density at radius 3 is 2.67 bits per heavy atom. The monoisotopic (exact) mass is 311 g/mol. The largest absolute Gasteiger partial charge is 0.353 e. The first-order valence-corrected chi connectivity index (χ1v) is 8.49. The fourth-order valence-electron chi connectivity index (χ4n) is 2.04. The van der Waals surface area contributed by atoms with Crippen LogP contribution in [0.5, 0.6) is 0 Å². The maximum atomic E-state index is 12.2. The van der Waals surface area contributed by atoms with Crippen LogP contribution in [0.4, 0.5) is 0 Å². The van der Waals surface area contributed by atoms with Gasteiger partial charge in [0.25, 0.3) is 0 Å². The van der Waals surface area contributed by atoms with Crippen LogP contribution in [-0.4, -0.2) is 26.9 Å². The van der Waals surface area contributed by atoms with E-state index in [0.29, 0.717) is 18.2 Å². The molecule has 21 heavy (non-hydrogen) atoms. The van der Waals surface area contributed by atoms with E-state index < -0.39 is 10.0 Å². The van der Waals surface area contributed by atoms with Gasteiger partial charge in [-0.25, -0.2) is 13.1 Å². The fraction of sp³-hybridized carbons (Fsp3) is 0.500. The molecular weight excluding hydrogens is 290 g/mol. The van der Waals surface area contributed by atoms with Gasteiger partial charge in [0.2, 0.25) is 15.9 Å². The van der Waals surface area contributed by atoms with Crippen LogP contribution in [0.2, 0.25) is 0 Å². The number of nitrogens with one attached hydrogen (secondary N) is 2. The lowest BCUT2D eigenvalue weighted by molar-refractivity contribution is -0.121. The summed E-state index contributed by atoms with van der Waals surface area (Å²) in [5, 5.41) is 2.82. The number of aryl methyl sites for hydroxylation is 1. The van der Waals surface area contributed by atoms with Gasteiger partial charge < -0.3 is 11.1 Å². The summed E-state index contributed by atoms with van der Waals surface area (Å²) < 4.78 is 26.8. The van der Waals surface area contributed by atoms with Gasteiger partial charge >= 0.3 is 0 Å². The quantitative estimate of drug-likeness (QED) is 0.678. The molecule has 0 aliphatic heterocycles. The van der Waals surface area contributed by atoms with Crippen LogP contribution in [0.3, 0.4) is 0 Å². The number of rotatable bonds is 7. The number of hydrogen-bond donors (Lipinski definition) is 3. The third-order valence-electron chi connectivity index (χ3n) is 3.35. The summed E-state index contributed by atoms with van der Waals surface area (Å²) in [5.41, 5.74) is 7.06. The van der Waals surface area contributed by atoms with Crippen molar-refractivity contribution in [3.63, 3.8) is 0 Å². The van der Waals surface area contributed by atoms with E-state index in [-0.39, 0.29) is 23.8 Å². The second-order valence-corrected chi connectivity index (χ2v) is 7.03. The van der Waals surface area contributed by atoms with E-state index in [1.807, 2.05) is 0 Å². The van der Waals surface area contributed by atoms with Crippen molar-refractivity contribution >= 4 is 15.9 Å². The first-order valence-electron chi connectivity index (χ1n) is 7.01. The average Bonchev–Trinajstić information content (AvgIpc) is 3.21. The number of carbonyl (C=O) groups is 1. The van der Waals surface area contributed by atoms with Gasteiger partial charge in [-0.3, -0.25) is 4.79 Å². The number of sulfonamides is 1. The molecule has 0 aromatic heterocycles. The summed E-state index contributed by atoms with van der Waals surface area (Å²) in [4.78, 5) is 11.7. The van der Waals surface area contributed by atoms with E-state index in [9.17, 15) is 13.2 Å². The van der Waals surface area contributed by atoms with Gasteiger partial charge in [0.05, 0.1) is 4.90 Å². The van der Waals surface area contributed by atoms with E-state index >= 15 is 0 Å². The molecule has 0 bridgehead atoms. The highest BCUT2D eigenvalue weighted by Crippen LogP contribution is 2.19. The number of nitrogens with two attached hydrogens (primary N) is 1. The number of carbonyl (C=O) groups excluding carboxylic acids is 1. The average molecular weight is 311 g/mol. The molecule has 0 spiro atoms. The lowest BCUT2D eigenvalue weighted by Crippen LogP contribution is -2.32. The van der Waals surface area contributed by atoms with Crippen LogP contribution in [0.25, 0.3) is 0 Å². The summed E-state index contributed by atoms with van der Waals surface area (Å²) in [6.45, 7) is 2.20. The van der Waals surface area contributed by atoms with Crippen LogP contribution in [-0.2, 0) is 21.4 Å². The molecule has 1 fully saturated rings. The van der Waals surface area contributed by atoms with Crippen LogP contribution >= 0.6 is 0 Å². The zero-order chi connectivity index (χ0) is 15.5. The SMILES string of the molecule is Cc1cc(CN)ccc1S(=O)(=O)NCCC(=O)NC1CC1. The van der Waals surface area contributed by atoms with Gasteiger partial charge in [-0.15, -0.1) is 0 Å². The van der Waals surface area contributed by atoms with Crippen molar-refractivity contribution in [2.45, 2.75) is 43.7 Å². The molecule has 116 valence electrons. The minimum atomic E-state index is -3.60. The molecule has 1 aromatic rings. The molecule has 0 unspecified atom stereocenters. The van der Waals surface area contributed by atoms with Crippen LogP contribution in [0, 0.1) is 6.92 Å². The second-order valence-electron chi connectivity index (χ2n) is 5.29. The van der Waals surface area contributed by atoms with Gasteiger partial charge in [0.1, 0.15) is 0 Å². The molecule has 1 aromatic carbocycles. The molecule has 4 N–H and O–H groups in total. The Balaban J connectivity index is 1.92. The first-order chi connectivity index (χ1) is 9.92. The lowest BCUT2D eigenvalue weighted by Gasteiger charge is -2.10. The summed E-state index contributed by atoms with van der Waals surface area (Å²) >= 11 is 0. The summed E-state index contributed by atoms with van der Waals surface area (Å²) in [7, 11) is -3.60. The summed E-state index contributed by atoms with van der Waals surface area (Å²) in [5.74, 6) is -0.115. The number of amides is 1. The van der Waals surface area contributed by atoms with E-state index in [1.165, 1.54) is 0 Å². The molecule has 2 rings (SSSR count). The van der Waals surface area contributed by atoms with Crippen molar-refractivity contribution in [2.75, 3.05) is 6.54 Å². The highest BCUT2D eigenvalue weighted by molar-refractivity contribution is 7.89. The maximum absolute atomic E-state index is 12.2. The molecule has 1 aliphatic rings. The van der Waals surface area contributed by atoms with E-state index in [1.54, 1.807) is 25.1 Å². The maximum Gasteiger partial charge on any atom is 0.240 e. The van der Waals surface area contributed by atoms with Gasteiger partial charge in [0, 0.05) is 25.6 Å². The standard InChI is InChI=1S/C14H21N3O3S/c1-10-8-11(9-15)2-5-13(10)21(19,20)16-7-6-14(18)17-12-3-4-12/h2,5,8,12,16H,3-4,6-7,9,15H2,1H3,(H,17,18). The Labute approximate surface area is 125 Å². The molecule has 1 aliphatic carbocycles. The van der Waals surface area contributed by atoms with Crippen molar-refractivity contribution in [2.24, 2.45) is 5.73 Å². The van der Waals surface area contributed by atoms with Crippen molar-refractivity contribution < 1.29 is 13.2 Å². The van der Waals surface area contributed by atoms with Gasteiger partial charge in [-0.1, -0.05) is 12.1 Å². The van der Waals surface area contributed by atoms with E-state index in [4.69, 9.17) is 5.73 Å². The highest BCUT2D eigenvalue weighted by atomic mass is 32.2. The second kappa shape index (κ2) is 6.55. The molecule has 1 saturated carbocycles. The van der Waals surface area contributed by atoms with Gasteiger partial charge in [-0.2, -0.15) is 0 Å². The minimum absolute atomic E-state index is 0.0962. The third kappa shape index (κ3) is 4.52. The van der Waals surface area contributed by atoms with Crippen LogP contribution < -0.4 is 15.8 Å². The van der Waals surface area contributed by atoms with Crippen molar-refractivity contribution in [1.82, 2.24) is 10.0 Å². The Morgan fingerprint density at radius 2 is 2.10 bits per heavy atom. The summed E-state index contributed by atoms with van der Waals surface area (Å²) in [6, 6.07) is 5.29. The van der Waals surface area contributed by atoms with Crippen LogP contribution in [0.1, 0.15) is 30.4 Å². The molecule has 0 heterocycles. The summed E-state index contributed by atoms with van der Waals surface area (Å²) in [6.07, 6.45) is 2.18. The minimum Gasteiger partial charge on any atom is -0.353 e. The molecule has 1 amide bonds. The smallest absolute Gasteiger partial charge is 0.240 e. The molecule has 0 radical (unpaired) electrons. The van der Waals surface area contributed by atoms with E-state index in [0.717, 1.165) is 18.4 Å². The normalized spacial score (nSPS) is 15.0. The molecule has 0 saturated heterocycles. The zero-order valence-electron chi connectivity index (χ0n) is 12.1. The number of benzene rings is 1.